The van der Waals surface area contributed by atoms with Crippen molar-refractivity contribution in [2.75, 3.05) is 17.2 Å². The molecule has 1 saturated heterocycles. The van der Waals surface area contributed by atoms with E-state index in [0.717, 1.165) is 25.1 Å². The molecule has 2 aromatic rings. The summed E-state index contributed by atoms with van der Waals surface area (Å²) in [5.74, 6) is 0. The number of nitrogen functional groups attached to an aromatic ring is 1. The van der Waals surface area contributed by atoms with Crippen LogP contribution in [-0.2, 0) is 0 Å². The minimum Gasteiger partial charge on any atom is -0.398 e. The highest BCUT2D eigenvalue weighted by molar-refractivity contribution is 5.63. The van der Waals surface area contributed by atoms with Crippen LogP contribution < -0.4 is 10.6 Å². The lowest BCUT2D eigenvalue weighted by Crippen LogP contribution is -2.22. The van der Waals surface area contributed by atoms with E-state index in [0.29, 0.717) is 17.3 Å². The van der Waals surface area contributed by atoms with Gasteiger partial charge in [0.25, 0.3) is 0 Å². The van der Waals surface area contributed by atoms with Crippen LogP contribution in [0.15, 0.2) is 42.7 Å². The van der Waals surface area contributed by atoms with Crippen molar-refractivity contribution < 1.29 is 0 Å². The molecular weight excluding hydrogens is 248 g/mol. The largest absolute Gasteiger partial charge is 0.398 e. The van der Waals surface area contributed by atoms with E-state index < -0.39 is 0 Å². The molecule has 2 heterocycles. The van der Waals surface area contributed by atoms with E-state index in [4.69, 9.17) is 11.0 Å². The molecule has 1 atom stereocenters. The minimum absolute atomic E-state index is 0.355. The fourth-order valence-corrected chi connectivity index (χ4v) is 2.83. The lowest BCUT2D eigenvalue weighted by molar-refractivity contribution is 0.718. The Morgan fingerprint density at radius 2 is 2.05 bits per heavy atom. The Kier molecular flexibility index (Phi) is 3.26. The van der Waals surface area contributed by atoms with E-state index in [9.17, 15) is 0 Å². The highest BCUT2D eigenvalue weighted by atomic mass is 15.2. The van der Waals surface area contributed by atoms with Crippen LogP contribution in [0.25, 0.3) is 0 Å². The molecule has 1 aliphatic heterocycles. The number of nitrogens with zero attached hydrogens (tertiary/aromatic N) is 3. The Balaban J connectivity index is 1.95. The third kappa shape index (κ3) is 2.19. The molecule has 1 aliphatic rings. The van der Waals surface area contributed by atoms with Crippen molar-refractivity contribution in [2.24, 2.45) is 0 Å². The Labute approximate surface area is 118 Å². The van der Waals surface area contributed by atoms with Crippen molar-refractivity contribution in [2.45, 2.75) is 18.9 Å². The summed E-state index contributed by atoms with van der Waals surface area (Å²) >= 11 is 0. The molecule has 20 heavy (non-hydrogen) atoms. The van der Waals surface area contributed by atoms with Gasteiger partial charge in [0, 0.05) is 30.3 Å². The number of hydrogen-bond acceptors (Lipinski definition) is 4. The van der Waals surface area contributed by atoms with E-state index >= 15 is 0 Å². The maximum Gasteiger partial charge on any atom is 0.101 e. The van der Waals surface area contributed by atoms with Crippen molar-refractivity contribution >= 4 is 11.4 Å². The van der Waals surface area contributed by atoms with E-state index in [1.807, 2.05) is 30.6 Å². The van der Waals surface area contributed by atoms with Gasteiger partial charge in [0.2, 0.25) is 0 Å². The topological polar surface area (TPSA) is 65.9 Å². The van der Waals surface area contributed by atoms with E-state index in [1.165, 1.54) is 5.56 Å². The lowest BCUT2D eigenvalue weighted by Gasteiger charge is -2.27. The number of nitriles is 1. The second kappa shape index (κ2) is 5.22. The molecule has 0 saturated carbocycles. The predicted molar refractivity (Wildman–Crippen MR) is 79.1 cm³/mol. The summed E-state index contributed by atoms with van der Waals surface area (Å²) in [6.45, 7) is 1.00. The summed E-state index contributed by atoms with van der Waals surface area (Å²) < 4.78 is 0. The number of benzene rings is 1. The van der Waals surface area contributed by atoms with Crippen molar-refractivity contribution in [3.63, 3.8) is 0 Å². The Hall–Kier alpha value is -2.54. The van der Waals surface area contributed by atoms with Gasteiger partial charge in [-0.05, 0) is 48.7 Å². The Bertz CT molecular complexity index is 645. The van der Waals surface area contributed by atoms with Crippen molar-refractivity contribution in [3.05, 3.63) is 53.9 Å². The summed E-state index contributed by atoms with van der Waals surface area (Å²) in [5.41, 5.74) is 9.21. The van der Waals surface area contributed by atoms with E-state index in [2.05, 4.69) is 28.1 Å². The smallest absolute Gasteiger partial charge is 0.101 e. The van der Waals surface area contributed by atoms with Gasteiger partial charge in [-0.2, -0.15) is 5.26 Å². The van der Waals surface area contributed by atoms with Gasteiger partial charge in [-0.3, -0.25) is 4.98 Å². The normalized spacial score (nSPS) is 17.9. The van der Waals surface area contributed by atoms with Crippen molar-refractivity contribution in [3.8, 4) is 6.07 Å². The van der Waals surface area contributed by atoms with Gasteiger partial charge in [0.15, 0.2) is 0 Å². The summed E-state index contributed by atoms with van der Waals surface area (Å²) in [5, 5.41) is 9.11. The third-order valence-electron chi connectivity index (χ3n) is 3.83. The van der Waals surface area contributed by atoms with Crippen LogP contribution in [0.4, 0.5) is 11.4 Å². The fourth-order valence-electron chi connectivity index (χ4n) is 2.83. The molecule has 1 aromatic carbocycles. The average Bonchev–Trinajstić information content (AvgIpc) is 2.98. The van der Waals surface area contributed by atoms with E-state index in [1.54, 1.807) is 0 Å². The zero-order valence-electron chi connectivity index (χ0n) is 11.2. The molecule has 0 amide bonds. The molecule has 100 valence electrons. The number of nitrogens with two attached hydrogens (primary N) is 1. The molecule has 0 aliphatic carbocycles. The standard InChI is InChI=1S/C16H16N4/c17-11-13-10-14(3-4-15(13)18)20-9-1-2-16(20)12-5-7-19-8-6-12/h3-8,10,16H,1-2,9,18H2. The van der Waals surface area contributed by atoms with Crippen LogP contribution in [-0.4, -0.2) is 11.5 Å². The number of aromatic nitrogens is 1. The Morgan fingerprint density at radius 1 is 1.25 bits per heavy atom. The summed E-state index contributed by atoms with van der Waals surface area (Å²) in [4.78, 5) is 6.42. The van der Waals surface area contributed by atoms with Crippen LogP contribution in [0, 0.1) is 11.3 Å². The monoisotopic (exact) mass is 264 g/mol. The van der Waals surface area contributed by atoms with Crippen LogP contribution in [0.3, 0.4) is 0 Å². The molecular formula is C16H16N4. The molecule has 0 spiro atoms. The summed E-state index contributed by atoms with van der Waals surface area (Å²) in [7, 11) is 0. The number of pyridine rings is 1. The highest BCUT2D eigenvalue weighted by Crippen LogP contribution is 2.36. The van der Waals surface area contributed by atoms with Gasteiger partial charge in [-0.1, -0.05) is 0 Å². The number of hydrogen-bond donors (Lipinski definition) is 1. The molecule has 4 heteroatoms. The summed E-state index contributed by atoms with van der Waals surface area (Å²) in [6.07, 6.45) is 5.93. The molecule has 4 nitrogen and oxygen atoms in total. The van der Waals surface area contributed by atoms with Crippen LogP contribution in [0.1, 0.15) is 30.0 Å². The number of anilines is 2. The highest BCUT2D eigenvalue weighted by Gasteiger charge is 2.26. The van der Waals surface area contributed by atoms with E-state index in [-0.39, 0.29) is 0 Å². The maximum absolute atomic E-state index is 9.11. The van der Waals surface area contributed by atoms with Gasteiger partial charge >= 0.3 is 0 Å². The lowest BCUT2D eigenvalue weighted by atomic mass is 10.1. The average molecular weight is 264 g/mol. The van der Waals surface area contributed by atoms with Crippen LogP contribution in [0.5, 0.6) is 0 Å². The third-order valence-corrected chi connectivity index (χ3v) is 3.83. The first-order valence-corrected chi connectivity index (χ1v) is 6.76. The second-order valence-electron chi connectivity index (χ2n) is 5.02. The second-order valence-corrected chi connectivity index (χ2v) is 5.02. The van der Waals surface area contributed by atoms with Gasteiger partial charge in [0.05, 0.1) is 11.6 Å². The first-order chi connectivity index (χ1) is 9.79. The molecule has 1 unspecified atom stereocenters. The first-order valence-electron chi connectivity index (χ1n) is 6.76. The molecule has 1 fully saturated rings. The van der Waals surface area contributed by atoms with Gasteiger partial charge in [0.1, 0.15) is 6.07 Å². The number of rotatable bonds is 2. The minimum atomic E-state index is 0.355. The zero-order valence-corrected chi connectivity index (χ0v) is 11.2. The summed E-state index contributed by atoms with van der Waals surface area (Å²) in [6, 6.07) is 12.3. The zero-order chi connectivity index (χ0) is 13.9. The van der Waals surface area contributed by atoms with Crippen LogP contribution >= 0.6 is 0 Å². The predicted octanol–water partition coefficient (Wildman–Crippen LogP) is 2.88. The van der Waals surface area contributed by atoms with Gasteiger partial charge in [-0.15, -0.1) is 0 Å². The molecule has 0 bridgehead atoms. The molecule has 1 aromatic heterocycles. The van der Waals surface area contributed by atoms with Crippen molar-refractivity contribution in [1.82, 2.24) is 4.98 Å². The maximum atomic E-state index is 9.11. The molecule has 2 N–H and O–H groups in total. The Morgan fingerprint density at radius 3 is 2.80 bits per heavy atom. The fraction of sp³-hybridized carbons (Fsp3) is 0.250. The molecule has 3 rings (SSSR count). The molecule has 0 radical (unpaired) electrons. The first kappa shape index (κ1) is 12.5. The SMILES string of the molecule is N#Cc1cc(N2CCCC2c2ccncc2)ccc1N. The van der Waals surface area contributed by atoms with Crippen LogP contribution in [0.2, 0.25) is 0 Å². The van der Waals surface area contributed by atoms with Gasteiger partial charge < -0.3 is 10.6 Å². The quantitative estimate of drug-likeness (QED) is 0.847. The van der Waals surface area contributed by atoms with Crippen molar-refractivity contribution in [1.29, 1.82) is 5.26 Å². The van der Waals surface area contributed by atoms with Gasteiger partial charge in [-0.25, -0.2) is 0 Å².